The number of hydrogen-bond acceptors (Lipinski definition) is 6. The van der Waals surface area contributed by atoms with Gasteiger partial charge in [0.15, 0.2) is 0 Å². The highest BCUT2D eigenvalue weighted by Gasteiger charge is 2.21. The van der Waals surface area contributed by atoms with Crippen molar-refractivity contribution in [3.63, 3.8) is 0 Å². The molecule has 3 aromatic heterocycles. The van der Waals surface area contributed by atoms with Gasteiger partial charge in [-0.1, -0.05) is 0 Å². The zero-order chi connectivity index (χ0) is 15.8. The number of nitrogens with zero attached hydrogens (tertiary/aromatic N) is 5. The lowest BCUT2D eigenvalue weighted by atomic mass is 10.2. The van der Waals surface area contributed by atoms with E-state index in [1.807, 2.05) is 6.20 Å². The zero-order valence-electron chi connectivity index (χ0n) is 12.7. The summed E-state index contributed by atoms with van der Waals surface area (Å²) in [4.78, 5) is 18.1. The normalized spacial score (nSPS) is 15.4. The third-order valence-electron chi connectivity index (χ3n) is 4.16. The fourth-order valence-corrected chi connectivity index (χ4v) is 3.92. The second-order valence-electron chi connectivity index (χ2n) is 5.60. The van der Waals surface area contributed by atoms with Gasteiger partial charge in [0, 0.05) is 36.8 Å². The van der Waals surface area contributed by atoms with Crippen LogP contribution in [0.3, 0.4) is 0 Å². The fraction of sp³-hybridized carbons (Fsp3) is 0.312. The topological polar surface area (TPSA) is 45.2 Å². The smallest absolute Gasteiger partial charge is 0.150 e. The molecule has 0 aromatic carbocycles. The Bertz CT molecular complexity index is 841. The summed E-state index contributed by atoms with van der Waals surface area (Å²) in [5.74, 6) is 2.11. The quantitative estimate of drug-likeness (QED) is 0.671. The third-order valence-corrected chi connectivity index (χ3v) is 5.89. The molecule has 3 aromatic rings. The SMILES string of the molecule is Cc1cc(N2CCN(c3ncnc4ccsc34)CC2)ncc1Br. The van der Waals surface area contributed by atoms with Gasteiger partial charge in [0.25, 0.3) is 0 Å². The summed E-state index contributed by atoms with van der Waals surface area (Å²) in [5.41, 5.74) is 2.25. The lowest BCUT2D eigenvalue weighted by Crippen LogP contribution is -2.47. The van der Waals surface area contributed by atoms with Gasteiger partial charge < -0.3 is 9.80 Å². The van der Waals surface area contributed by atoms with Crippen molar-refractivity contribution in [2.75, 3.05) is 36.0 Å². The van der Waals surface area contributed by atoms with E-state index in [2.05, 4.69) is 65.1 Å². The van der Waals surface area contributed by atoms with E-state index >= 15 is 0 Å². The van der Waals surface area contributed by atoms with E-state index in [4.69, 9.17) is 0 Å². The van der Waals surface area contributed by atoms with Crippen molar-refractivity contribution >= 4 is 49.1 Å². The Morgan fingerprint density at radius 2 is 1.87 bits per heavy atom. The molecule has 23 heavy (non-hydrogen) atoms. The van der Waals surface area contributed by atoms with E-state index in [0.29, 0.717) is 0 Å². The van der Waals surface area contributed by atoms with Crippen LogP contribution in [0.1, 0.15) is 5.56 Å². The molecule has 118 valence electrons. The molecule has 0 bridgehead atoms. The van der Waals surface area contributed by atoms with Crippen LogP contribution in [0.25, 0.3) is 10.2 Å². The Hall–Kier alpha value is -1.73. The molecule has 1 aliphatic rings. The minimum Gasteiger partial charge on any atom is -0.353 e. The predicted molar refractivity (Wildman–Crippen MR) is 98.5 cm³/mol. The highest BCUT2D eigenvalue weighted by atomic mass is 79.9. The molecular weight excluding hydrogens is 374 g/mol. The molecule has 4 rings (SSSR count). The number of pyridine rings is 1. The van der Waals surface area contributed by atoms with Crippen LogP contribution in [0.15, 0.2) is 34.5 Å². The van der Waals surface area contributed by atoms with Crippen molar-refractivity contribution in [3.05, 3.63) is 40.1 Å². The zero-order valence-corrected chi connectivity index (χ0v) is 15.1. The highest BCUT2D eigenvalue weighted by Crippen LogP contribution is 2.29. The summed E-state index contributed by atoms with van der Waals surface area (Å²) in [6.07, 6.45) is 3.55. The molecule has 1 aliphatic heterocycles. The fourth-order valence-electron chi connectivity index (χ4n) is 2.85. The van der Waals surface area contributed by atoms with Crippen LogP contribution in [0.4, 0.5) is 11.6 Å². The lowest BCUT2D eigenvalue weighted by molar-refractivity contribution is 0.643. The second-order valence-corrected chi connectivity index (χ2v) is 7.37. The second kappa shape index (κ2) is 6.05. The Kier molecular flexibility index (Phi) is 3.90. The van der Waals surface area contributed by atoms with E-state index in [1.165, 1.54) is 10.3 Å². The van der Waals surface area contributed by atoms with Crippen LogP contribution in [-0.4, -0.2) is 41.1 Å². The van der Waals surface area contributed by atoms with Crippen LogP contribution in [0.5, 0.6) is 0 Å². The summed E-state index contributed by atoms with van der Waals surface area (Å²) in [6.45, 7) is 5.89. The number of halogens is 1. The maximum Gasteiger partial charge on any atom is 0.150 e. The molecule has 5 nitrogen and oxygen atoms in total. The first kappa shape index (κ1) is 14.8. The van der Waals surface area contributed by atoms with E-state index in [1.54, 1.807) is 17.7 Å². The molecule has 0 spiro atoms. The largest absolute Gasteiger partial charge is 0.353 e. The number of thiophene rings is 1. The third kappa shape index (κ3) is 2.79. The molecule has 4 heterocycles. The van der Waals surface area contributed by atoms with Crippen molar-refractivity contribution in [2.45, 2.75) is 6.92 Å². The van der Waals surface area contributed by atoms with Crippen LogP contribution in [0, 0.1) is 6.92 Å². The van der Waals surface area contributed by atoms with Crippen molar-refractivity contribution in [2.24, 2.45) is 0 Å². The Morgan fingerprint density at radius 3 is 2.65 bits per heavy atom. The molecule has 0 aliphatic carbocycles. The first-order valence-corrected chi connectivity index (χ1v) is 9.20. The highest BCUT2D eigenvalue weighted by molar-refractivity contribution is 9.10. The first-order chi connectivity index (χ1) is 11.2. The van der Waals surface area contributed by atoms with Gasteiger partial charge in [-0.15, -0.1) is 11.3 Å². The number of aryl methyl sites for hydroxylation is 1. The molecule has 0 radical (unpaired) electrons. The molecular formula is C16H16BrN5S. The minimum atomic E-state index is 0.945. The van der Waals surface area contributed by atoms with E-state index in [0.717, 1.165) is 47.8 Å². The van der Waals surface area contributed by atoms with Crippen LogP contribution >= 0.6 is 27.3 Å². The van der Waals surface area contributed by atoms with Crippen molar-refractivity contribution in [3.8, 4) is 0 Å². The molecule has 0 unspecified atom stereocenters. The summed E-state index contributed by atoms with van der Waals surface area (Å²) in [7, 11) is 0. The average Bonchev–Trinajstić information content (AvgIpc) is 3.06. The van der Waals surface area contributed by atoms with Crippen LogP contribution < -0.4 is 9.80 Å². The number of piperazine rings is 1. The van der Waals surface area contributed by atoms with E-state index in [9.17, 15) is 0 Å². The molecule has 0 amide bonds. The van der Waals surface area contributed by atoms with Gasteiger partial charge >= 0.3 is 0 Å². The number of fused-ring (bicyclic) bond motifs is 1. The van der Waals surface area contributed by atoms with Gasteiger partial charge in [-0.3, -0.25) is 0 Å². The Labute approximate surface area is 147 Å². The van der Waals surface area contributed by atoms with Crippen molar-refractivity contribution < 1.29 is 0 Å². The maximum absolute atomic E-state index is 4.54. The molecule has 0 N–H and O–H groups in total. The summed E-state index contributed by atoms with van der Waals surface area (Å²) < 4.78 is 2.24. The standard InChI is InChI=1S/C16H16BrN5S/c1-11-8-14(18-9-12(11)17)21-3-5-22(6-4-21)16-15-13(2-7-23-15)19-10-20-16/h2,7-10H,3-6H2,1H3. The molecule has 1 saturated heterocycles. The summed E-state index contributed by atoms with van der Waals surface area (Å²) in [5, 5.41) is 2.08. The molecule has 0 saturated carbocycles. The Morgan fingerprint density at radius 1 is 1.09 bits per heavy atom. The van der Waals surface area contributed by atoms with Crippen molar-refractivity contribution in [1.82, 2.24) is 15.0 Å². The summed E-state index contributed by atoms with van der Waals surface area (Å²) >= 11 is 5.22. The van der Waals surface area contributed by atoms with Gasteiger partial charge in [0.1, 0.15) is 18.0 Å². The number of anilines is 2. The summed E-state index contributed by atoms with van der Waals surface area (Å²) in [6, 6.07) is 4.19. The first-order valence-electron chi connectivity index (χ1n) is 7.52. The van der Waals surface area contributed by atoms with Crippen molar-refractivity contribution in [1.29, 1.82) is 0 Å². The van der Waals surface area contributed by atoms with Gasteiger partial charge in [-0.2, -0.15) is 0 Å². The molecule has 0 atom stereocenters. The number of hydrogen-bond donors (Lipinski definition) is 0. The monoisotopic (exact) mass is 389 g/mol. The maximum atomic E-state index is 4.54. The Balaban J connectivity index is 1.52. The van der Waals surface area contributed by atoms with Gasteiger partial charge in [-0.05, 0) is 45.9 Å². The lowest BCUT2D eigenvalue weighted by Gasteiger charge is -2.36. The average molecular weight is 390 g/mol. The van der Waals surface area contributed by atoms with Gasteiger partial charge in [0.05, 0.1) is 10.2 Å². The number of rotatable bonds is 2. The van der Waals surface area contributed by atoms with Crippen LogP contribution in [0.2, 0.25) is 0 Å². The predicted octanol–water partition coefficient (Wildman–Crippen LogP) is 3.48. The number of aromatic nitrogens is 3. The molecule has 1 fully saturated rings. The van der Waals surface area contributed by atoms with Crippen LogP contribution in [-0.2, 0) is 0 Å². The van der Waals surface area contributed by atoms with E-state index in [-0.39, 0.29) is 0 Å². The van der Waals surface area contributed by atoms with Gasteiger partial charge in [-0.25, -0.2) is 15.0 Å². The molecule has 7 heteroatoms. The van der Waals surface area contributed by atoms with Gasteiger partial charge in [0.2, 0.25) is 0 Å². The van der Waals surface area contributed by atoms with E-state index < -0.39 is 0 Å². The minimum absolute atomic E-state index is 0.945.